The minimum Gasteiger partial charge on any atom is -0.319 e. The first-order chi connectivity index (χ1) is 11.6. The fraction of sp³-hybridized carbons (Fsp3) is 0.316. The summed E-state index contributed by atoms with van der Waals surface area (Å²) < 4.78 is 14.7. The van der Waals surface area contributed by atoms with Gasteiger partial charge in [-0.1, -0.05) is 32.0 Å². The maximum atomic E-state index is 14.7. The molecule has 1 aliphatic rings. The normalized spacial score (nSPS) is 13.7. The van der Waals surface area contributed by atoms with Crippen LogP contribution in [-0.4, -0.2) is 17.7 Å². The second-order valence-corrected chi connectivity index (χ2v) is 7.73. The van der Waals surface area contributed by atoms with Crippen LogP contribution < -0.4 is 10.6 Å². The van der Waals surface area contributed by atoms with Crippen LogP contribution >= 0.6 is 11.8 Å². The van der Waals surface area contributed by atoms with E-state index in [0.717, 1.165) is 17.0 Å². The van der Waals surface area contributed by atoms with Crippen LogP contribution in [0, 0.1) is 5.82 Å². The van der Waals surface area contributed by atoms with Gasteiger partial charge in [0.2, 0.25) is 0 Å². The molecule has 1 heterocycles. The lowest BCUT2D eigenvalue weighted by Crippen LogP contribution is -2.25. The lowest BCUT2D eigenvalue weighted by molar-refractivity contribution is 0.102. The van der Waals surface area contributed by atoms with Crippen molar-refractivity contribution in [3.8, 4) is 0 Å². The van der Waals surface area contributed by atoms with E-state index in [1.807, 2.05) is 24.3 Å². The maximum absolute atomic E-state index is 14.7. The van der Waals surface area contributed by atoms with Crippen LogP contribution in [0.15, 0.2) is 41.3 Å². The molecule has 0 unspecified atom stereocenters. The van der Waals surface area contributed by atoms with Crippen LogP contribution in [0.1, 0.15) is 35.3 Å². The van der Waals surface area contributed by atoms with E-state index >= 15 is 0 Å². The van der Waals surface area contributed by atoms with Crippen molar-refractivity contribution in [2.45, 2.75) is 37.0 Å². The van der Waals surface area contributed by atoms with E-state index in [1.54, 1.807) is 23.9 Å². The summed E-state index contributed by atoms with van der Waals surface area (Å²) in [6.07, 6.45) is 0.644. The average molecular weight is 344 g/mol. The summed E-state index contributed by atoms with van der Waals surface area (Å²) in [6, 6.07) is 11.0. The molecule has 5 heteroatoms. The standard InChI is InChI=1S/C19H21FN2OS/c1-12(2)24-17-6-4-3-5-15(17)19(23)22-16-8-7-13-11-21-10-9-14(13)18(16)20/h3-8,12,21H,9-11H2,1-2H3,(H,22,23). The fourth-order valence-corrected chi connectivity index (χ4v) is 3.78. The first-order valence-corrected chi connectivity index (χ1v) is 9.02. The predicted molar refractivity (Wildman–Crippen MR) is 97.2 cm³/mol. The number of benzene rings is 2. The quantitative estimate of drug-likeness (QED) is 0.816. The molecular weight excluding hydrogens is 323 g/mol. The zero-order valence-electron chi connectivity index (χ0n) is 13.9. The number of fused-ring (bicyclic) bond motifs is 1. The van der Waals surface area contributed by atoms with Gasteiger partial charge in [-0.05, 0) is 42.3 Å². The van der Waals surface area contributed by atoms with E-state index in [1.165, 1.54) is 0 Å². The Morgan fingerprint density at radius 1 is 1.25 bits per heavy atom. The molecule has 0 bridgehead atoms. The largest absolute Gasteiger partial charge is 0.319 e. The Balaban J connectivity index is 1.86. The molecule has 0 saturated carbocycles. The van der Waals surface area contributed by atoms with Crippen LogP contribution in [0.2, 0.25) is 0 Å². The van der Waals surface area contributed by atoms with E-state index in [0.29, 0.717) is 29.3 Å². The molecule has 126 valence electrons. The summed E-state index contributed by atoms with van der Waals surface area (Å²) in [4.78, 5) is 13.5. The average Bonchev–Trinajstić information content (AvgIpc) is 2.57. The van der Waals surface area contributed by atoms with Crippen molar-refractivity contribution < 1.29 is 9.18 Å². The number of halogens is 1. The van der Waals surface area contributed by atoms with Gasteiger partial charge in [-0.25, -0.2) is 4.39 Å². The van der Waals surface area contributed by atoms with Crippen molar-refractivity contribution in [2.75, 3.05) is 11.9 Å². The number of hydrogen-bond acceptors (Lipinski definition) is 3. The van der Waals surface area contributed by atoms with Crippen LogP contribution in [-0.2, 0) is 13.0 Å². The number of thioether (sulfide) groups is 1. The number of carbonyl (C=O) groups is 1. The fourth-order valence-electron chi connectivity index (χ4n) is 2.83. The van der Waals surface area contributed by atoms with E-state index in [4.69, 9.17) is 0 Å². The molecular formula is C19H21FN2OS. The molecule has 1 amide bonds. The van der Waals surface area contributed by atoms with Gasteiger partial charge in [0, 0.05) is 16.7 Å². The Morgan fingerprint density at radius 3 is 2.83 bits per heavy atom. The summed E-state index contributed by atoms with van der Waals surface area (Å²) in [5.74, 6) is -0.581. The zero-order chi connectivity index (χ0) is 17.1. The maximum Gasteiger partial charge on any atom is 0.256 e. The van der Waals surface area contributed by atoms with E-state index in [-0.39, 0.29) is 17.4 Å². The van der Waals surface area contributed by atoms with E-state index in [2.05, 4.69) is 24.5 Å². The molecule has 24 heavy (non-hydrogen) atoms. The van der Waals surface area contributed by atoms with Gasteiger partial charge in [0.25, 0.3) is 5.91 Å². The third-order valence-electron chi connectivity index (χ3n) is 3.95. The van der Waals surface area contributed by atoms with Crippen LogP contribution in [0.5, 0.6) is 0 Å². The van der Waals surface area contributed by atoms with Gasteiger partial charge in [-0.3, -0.25) is 4.79 Å². The van der Waals surface area contributed by atoms with E-state index in [9.17, 15) is 9.18 Å². The molecule has 2 aromatic carbocycles. The molecule has 0 aliphatic carbocycles. The van der Waals surface area contributed by atoms with Crippen molar-refractivity contribution >= 4 is 23.4 Å². The third-order valence-corrected chi connectivity index (χ3v) is 5.03. The lowest BCUT2D eigenvalue weighted by Gasteiger charge is -2.19. The summed E-state index contributed by atoms with van der Waals surface area (Å²) in [5.41, 5.74) is 2.50. The lowest BCUT2D eigenvalue weighted by atomic mass is 9.99. The predicted octanol–water partition coefficient (Wildman–Crippen LogP) is 4.22. The molecule has 3 nitrogen and oxygen atoms in total. The topological polar surface area (TPSA) is 41.1 Å². The second kappa shape index (κ2) is 7.36. The molecule has 0 fully saturated rings. The minimum atomic E-state index is -0.309. The number of nitrogens with one attached hydrogen (secondary N) is 2. The third kappa shape index (κ3) is 3.62. The molecule has 0 atom stereocenters. The van der Waals surface area contributed by atoms with Gasteiger partial charge in [0.15, 0.2) is 0 Å². The summed E-state index contributed by atoms with van der Waals surface area (Å²) in [6.45, 7) is 5.59. The number of carbonyl (C=O) groups excluding carboxylic acids is 1. The van der Waals surface area contributed by atoms with Crippen molar-refractivity contribution in [1.29, 1.82) is 0 Å². The SMILES string of the molecule is CC(C)Sc1ccccc1C(=O)Nc1ccc2c(c1F)CCNC2. The van der Waals surface area contributed by atoms with Crippen molar-refractivity contribution in [1.82, 2.24) is 5.32 Å². The van der Waals surface area contributed by atoms with Gasteiger partial charge in [0.05, 0.1) is 11.3 Å². The molecule has 0 aromatic heterocycles. The number of amides is 1. The molecule has 1 aliphatic heterocycles. The first-order valence-electron chi connectivity index (χ1n) is 8.14. The Bertz CT molecular complexity index is 761. The van der Waals surface area contributed by atoms with Gasteiger partial charge >= 0.3 is 0 Å². The van der Waals surface area contributed by atoms with E-state index < -0.39 is 0 Å². The van der Waals surface area contributed by atoms with Crippen LogP contribution in [0.3, 0.4) is 0 Å². The zero-order valence-corrected chi connectivity index (χ0v) is 14.7. The van der Waals surface area contributed by atoms with Crippen molar-refractivity contribution in [3.05, 3.63) is 58.9 Å². The molecule has 0 saturated heterocycles. The van der Waals surface area contributed by atoms with Crippen LogP contribution in [0.25, 0.3) is 0 Å². The number of rotatable bonds is 4. The Morgan fingerprint density at radius 2 is 2.04 bits per heavy atom. The number of anilines is 1. The smallest absolute Gasteiger partial charge is 0.256 e. The van der Waals surface area contributed by atoms with Crippen molar-refractivity contribution in [3.63, 3.8) is 0 Å². The number of hydrogen-bond donors (Lipinski definition) is 2. The summed E-state index contributed by atoms with van der Waals surface area (Å²) in [5, 5.41) is 6.33. The van der Waals surface area contributed by atoms with Gasteiger partial charge in [-0.15, -0.1) is 11.8 Å². The molecule has 2 N–H and O–H groups in total. The van der Waals surface area contributed by atoms with Gasteiger partial charge in [0.1, 0.15) is 5.82 Å². The molecule has 2 aromatic rings. The molecule has 0 spiro atoms. The molecule has 3 rings (SSSR count). The highest BCUT2D eigenvalue weighted by atomic mass is 32.2. The summed E-state index contributed by atoms with van der Waals surface area (Å²) in [7, 11) is 0. The highest BCUT2D eigenvalue weighted by Crippen LogP contribution is 2.29. The Labute approximate surface area is 146 Å². The van der Waals surface area contributed by atoms with Crippen LogP contribution in [0.4, 0.5) is 10.1 Å². The minimum absolute atomic E-state index is 0.255. The Hall–Kier alpha value is -1.85. The first kappa shape index (κ1) is 17.0. The molecule has 0 radical (unpaired) electrons. The van der Waals surface area contributed by atoms with Crippen molar-refractivity contribution in [2.24, 2.45) is 0 Å². The monoisotopic (exact) mass is 344 g/mol. The summed E-state index contributed by atoms with van der Waals surface area (Å²) >= 11 is 1.63. The highest BCUT2D eigenvalue weighted by Gasteiger charge is 2.19. The van der Waals surface area contributed by atoms with Gasteiger partial charge in [-0.2, -0.15) is 0 Å². The van der Waals surface area contributed by atoms with Gasteiger partial charge < -0.3 is 10.6 Å². The Kier molecular flexibility index (Phi) is 5.21. The second-order valence-electron chi connectivity index (χ2n) is 6.11. The highest BCUT2D eigenvalue weighted by molar-refractivity contribution is 8.00.